The van der Waals surface area contributed by atoms with Crippen LogP contribution in [-0.2, 0) is 6.54 Å². The molecule has 0 atom stereocenters. The van der Waals surface area contributed by atoms with Gasteiger partial charge in [0.25, 0.3) is 0 Å². The van der Waals surface area contributed by atoms with Crippen molar-refractivity contribution in [3.63, 3.8) is 0 Å². The summed E-state index contributed by atoms with van der Waals surface area (Å²) in [4.78, 5) is 13.2. The van der Waals surface area contributed by atoms with Gasteiger partial charge in [-0.3, -0.25) is 0 Å². The molecule has 0 amide bonds. The van der Waals surface area contributed by atoms with Gasteiger partial charge in [-0.25, -0.2) is 19.6 Å². The minimum absolute atomic E-state index is 0.551. The average Bonchev–Trinajstić information content (AvgIpc) is 2.64. The summed E-state index contributed by atoms with van der Waals surface area (Å²) in [6.07, 6.45) is 1.07. The van der Waals surface area contributed by atoms with Crippen LogP contribution in [0.1, 0.15) is 36.5 Å². The van der Waals surface area contributed by atoms with Gasteiger partial charge in [-0.1, -0.05) is 6.92 Å². The van der Waals surface area contributed by atoms with Crippen LogP contribution < -0.4 is 5.32 Å². The molecule has 6 nitrogen and oxygen atoms in total. The van der Waals surface area contributed by atoms with Crippen molar-refractivity contribution in [2.24, 2.45) is 0 Å². The molecule has 0 saturated heterocycles. The van der Waals surface area contributed by atoms with Crippen LogP contribution >= 0.6 is 0 Å². The molecule has 0 aliphatic carbocycles. The third-order valence-electron chi connectivity index (χ3n) is 2.71. The van der Waals surface area contributed by atoms with Crippen molar-refractivity contribution in [3.8, 4) is 0 Å². The molecule has 2 rings (SSSR count). The number of anilines is 1. The molecule has 0 bridgehead atoms. The zero-order valence-electron chi connectivity index (χ0n) is 11.9. The van der Waals surface area contributed by atoms with Gasteiger partial charge in [-0.15, -0.1) is 0 Å². The summed E-state index contributed by atoms with van der Waals surface area (Å²) in [6, 6.07) is 1.96. The van der Waals surface area contributed by atoms with Gasteiger partial charge in [0, 0.05) is 18.3 Å². The second-order valence-electron chi connectivity index (χ2n) is 4.60. The molecule has 0 unspecified atom stereocenters. The minimum atomic E-state index is 0.551. The van der Waals surface area contributed by atoms with Crippen LogP contribution in [-0.4, -0.2) is 31.3 Å². The number of aryl methyl sites for hydroxylation is 3. The quantitative estimate of drug-likeness (QED) is 0.888. The molecule has 1 N–H and O–H groups in total. The second-order valence-corrected chi connectivity index (χ2v) is 4.60. The summed E-state index contributed by atoms with van der Waals surface area (Å²) in [6.45, 7) is 9.39. The van der Waals surface area contributed by atoms with E-state index in [1.807, 2.05) is 31.5 Å². The van der Waals surface area contributed by atoms with E-state index in [9.17, 15) is 0 Å². The van der Waals surface area contributed by atoms with Crippen LogP contribution in [0.2, 0.25) is 0 Å². The van der Waals surface area contributed by atoms with Gasteiger partial charge in [-0.2, -0.15) is 5.10 Å². The molecule has 2 aromatic heterocycles. The Hall–Kier alpha value is -1.98. The molecule has 2 aromatic rings. The number of rotatable bonds is 5. The molecule has 0 fully saturated rings. The van der Waals surface area contributed by atoms with Gasteiger partial charge in [0.1, 0.15) is 24.0 Å². The molecule has 6 heteroatoms. The van der Waals surface area contributed by atoms with Gasteiger partial charge in [-0.05, 0) is 27.2 Å². The first-order valence-corrected chi connectivity index (χ1v) is 6.55. The number of nitrogens with zero attached hydrogens (tertiary/aromatic N) is 5. The first kappa shape index (κ1) is 13.5. The SMILES string of the molecule is CCCNc1cc(C)nc(Cn2nc(C)nc2C)n1. The van der Waals surface area contributed by atoms with E-state index in [2.05, 4.69) is 32.3 Å². The highest BCUT2D eigenvalue weighted by Gasteiger charge is 2.07. The van der Waals surface area contributed by atoms with E-state index < -0.39 is 0 Å². The zero-order valence-corrected chi connectivity index (χ0v) is 11.9. The van der Waals surface area contributed by atoms with Crippen LogP contribution in [0.3, 0.4) is 0 Å². The van der Waals surface area contributed by atoms with Crippen molar-refractivity contribution in [1.82, 2.24) is 24.7 Å². The minimum Gasteiger partial charge on any atom is -0.370 e. The smallest absolute Gasteiger partial charge is 0.152 e. The number of aromatic nitrogens is 5. The Morgan fingerprint density at radius 3 is 2.58 bits per heavy atom. The summed E-state index contributed by atoms with van der Waals surface area (Å²) in [5.41, 5.74) is 0.957. The van der Waals surface area contributed by atoms with E-state index in [0.29, 0.717) is 6.54 Å². The van der Waals surface area contributed by atoms with Crippen LogP contribution in [0.15, 0.2) is 6.07 Å². The lowest BCUT2D eigenvalue weighted by molar-refractivity contribution is 0.628. The van der Waals surface area contributed by atoms with Gasteiger partial charge in [0.2, 0.25) is 0 Å². The van der Waals surface area contributed by atoms with E-state index in [1.165, 1.54) is 0 Å². The van der Waals surface area contributed by atoms with E-state index in [4.69, 9.17) is 0 Å². The van der Waals surface area contributed by atoms with E-state index >= 15 is 0 Å². The highest BCUT2D eigenvalue weighted by molar-refractivity contribution is 5.35. The largest absolute Gasteiger partial charge is 0.370 e. The molecule has 0 saturated carbocycles. The third kappa shape index (κ3) is 3.49. The molecule has 19 heavy (non-hydrogen) atoms. The van der Waals surface area contributed by atoms with Gasteiger partial charge in [0.15, 0.2) is 5.82 Å². The fourth-order valence-corrected chi connectivity index (χ4v) is 1.89. The predicted octanol–water partition coefficient (Wildman–Crippen LogP) is 1.86. The molecule has 102 valence electrons. The van der Waals surface area contributed by atoms with Crippen LogP contribution in [0.4, 0.5) is 5.82 Å². The van der Waals surface area contributed by atoms with E-state index in [0.717, 1.165) is 42.0 Å². The highest BCUT2D eigenvalue weighted by Crippen LogP contribution is 2.08. The highest BCUT2D eigenvalue weighted by atomic mass is 15.3. The van der Waals surface area contributed by atoms with Crippen LogP contribution in [0.25, 0.3) is 0 Å². The molecule has 0 radical (unpaired) electrons. The lowest BCUT2D eigenvalue weighted by Gasteiger charge is -2.08. The first-order valence-electron chi connectivity index (χ1n) is 6.55. The standard InChI is InChI=1S/C13H20N6/c1-5-6-14-12-7-9(2)15-13(17-12)8-19-11(4)16-10(3)18-19/h7H,5-6,8H2,1-4H3,(H,14,15,17). The summed E-state index contributed by atoms with van der Waals surface area (Å²) >= 11 is 0. The van der Waals surface area contributed by atoms with Crippen molar-refractivity contribution in [2.75, 3.05) is 11.9 Å². The molecular weight excluding hydrogens is 240 g/mol. The monoisotopic (exact) mass is 260 g/mol. The Kier molecular flexibility index (Phi) is 4.09. The summed E-state index contributed by atoms with van der Waals surface area (Å²) in [5, 5.41) is 7.62. The zero-order chi connectivity index (χ0) is 13.8. The Morgan fingerprint density at radius 2 is 1.95 bits per heavy atom. The van der Waals surface area contributed by atoms with Gasteiger partial charge in [0.05, 0.1) is 0 Å². The molecule has 0 aromatic carbocycles. The maximum Gasteiger partial charge on any atom is 0.152 e. The Morgan fingerprint density at radius 1 is 1.16 bits per heavy atom. The molecular formula is C13H20N6. The second kappa shape index (κ2) is 5.77. The summed E-state index contributed by atoms with van der Waals surface area (Å²) < 4.78 is 1.83. The van der Waals surface area contributed by atoms with Gasteiger partial charge < -0.3 is 5.32 Å². The molecule has 0 aliphatic rings. The normalized spacial score (nSPS) is 10.7. The fraction of sp³-hybridized carbons (Fsp3) is 0.538. The van der Waals surface area contributed by atoms with Crippen molar-refractivity contribution < 1.29 is 0 Å². The Bertz CT molecular complexity index is 560. The van der Waals surface area contributed by atoms with Crippen molar-refractivity contribution in [3.05, 3.63) is 29.2 Å². The van der Waals surface area contributed by atoms with Crippen molar-refractivity contribution >= 4 is 5.82 Å². The lowest BCUT2D eigenvalue weighted by Crippen LogP contribution is -2.11. The fourth-order valence-electron chi connectivity index (χ4n) is 1.89. The van der Waals surface area contributed by atoms with E-state index in [1.54, 1.807) is 0 Å². The predicted molar refractivity (Wildman–Crippen MR) is 74.1 cm³/mol. The number of nitrogens with one attached hydrogen (secondary N) is 1. The summed E-state index contributed by atoms with van der Waals surface area (Å²) in [7, 11) is 0. The molecule has 2 heterocycles. The molecule has 0 spiro atoms. The van der Waals surface area contributed by atoms with E-state index in [-0.39, 0.29) is 0 Å². The number of hydrogen-bond donors (Lipinski definition) is 1. The van der Waals surface area contributed by atoms with Crippen LogP contribution in [0, 0.1) is 20.8 Å². The maximum atomic E-state index is 4.51. The Balaban J connectivity index is 2.20. The summed E-state index contributed by atoms with van der Waals surface area (Å²) in [5.74, 6) is 3.28. The van der Waals surface area contributed by atoms with Gasteiger partial charge >= 0.3 is 0 Å². The third-order valence-corrected chi connectivity index (χ3v) is 2.71. The maximum absolute atomic E-state index is 4.51. The van der Waals surface area contributed by atoms with Crippen molar-refractivity contribution in [1.29, 1.82) is 0 Å². The van der Waals surface area contributed by atoms with Crippen LogP contribution in [0.5, 0.6) is 0 Å². The topological polar surface area (TPSA) is 68.5 Å². The Labute approximate surface area is 113 Å². The number of hydrogen-bond acceptors (Lipinski definition) is 5. The average molecular weight is 260 g/mol. The lowest BCUT2D eigenvalue weighted by atomic mass is 10.4. The van der Waals surface area contributed by atoms with Crippen molar-refractivity contribution in [2.45, 2.75) is 40.7 Å². The molecule has 0 aliphatic heterocycles. The first-order chi connectivity index (χ1) is 9.08.